The number of rotatable bonds is 5. The van der Waals surface area contributed by atoms with Crippen molar-refractivity contribution in [2.24, 2.45) is 5.41 Å². The maximum atomic E-state index is 12.8. The molecular formula is C20H23NOS. The highest BCUT2D eigenvalue weighted by Gasteiger charge is 2.44. The van der Waals surface area contributed by atoms with Gasteiger partial charge in [0.2, 0.25) is 5.91 Å². The smallest absolute Gasteiger partial charge is 0.228 e. The summed E-state index contributed by atoms with van der Waals surface area (Å²) in [7, 11) is 0. The van der Waals surface area contributed by atoms with Crippen LogP contribution in [0.3, 0.4) is 0 Å². The van der Waals surface area contributed by atoms with Gasteiger partial charge in [-0.3, -0.25) is 4.79 Å². The number of nitrogens with zero attached hydrogens (tertiary/aromatic N) is 1. The Hall–Kier alpha value is -1.74. The van der Waals surface area contributed by atoms with E-state index in [1.165, 1.54) is 10.5 Å². The fourth-order valence-corrected chi connectivity index (χ4v) is 4.21. The molecule has 3 heteroatoms. The molecule has 0 saturated carbocycles. The molecule has 0 bridgehead atoms. The van der Waals surface area contributed by atoms with Crippen LogP contribution in [0.1, 0.15) is 25.8 Å². The van der Waals surface area contributed by atoms with Crippen molar-refractivity contribution < 1.29 is 4.79 Å². The molecule has 2 nitrogen and oxygen atoms in total. The van der Waals surface area contributed by atoms with E-state index in [1.54, 1.807) is 0 Å². The maximum absolute atomic E-state index is 12.8. The van der Waals surface area contributed by atoms with Crippen LogP contribution in [0.5, 0.6) is 0 Å². The maximum Gasteiger partial charge on any atom is 0.228 e. The van der Waals surface area contributed by atoms with E-state index in [9.17, 15) is 4.79 Å². The number of thioether (sulfide) groups is 1. The lowest BCUT2D eigenvalue weighted by molar-refractivity contribution is -0.135. The number of likely N-dealkylation sites (tertiary alicyclic amines) is 1. The fraction of sp³-hybridized carbons (Fsp3) is 0.350. The second-order valence-corrected chi connectivity index (χ2v) is 7.88. The van der Waals surface area contributed by atoms with Crippen LogP contribution in [-0.4, -0.2) is 22.6 Å². The van der Waals surface area contributed by atoms with Crippen molar-refractivity contribution >= 4 is 17.7 Å². The van der Waals surface area contributed by atoms with Crippen LogP contribution in [0.4, 0.5) is 0 Å². The van der Waals surface area contributed by atoms with Crippen LogP contribution >= 0.6 is 11.8 Å². The minimum absolute atomic E-state index is 0.253. The Labute approximate surface area is 142 Å². The molecule has 0 spiro atoms. The zero-order chi connectivity index (χ0) is 16.3. The lowest BCUT2D eigenvalue weighted by atomic mass is 9.90. The lowest BCUT2D eigenvalue weighted by Gasteiger charge is -2.25. The predicted octanol–water partition coefficient (Wildman–Crippen LogP) is 4.61. The van der Waals surface area contributed by atoms with E-state index in [0.29, 0.717) is 12.6 Å². The van der Waals surface area contributed by atoms with Crippen molar-refractivity contribution in [1.82, 2.24) is 4.90 Å². The van der Waals surface area contributed by atoms with E-state index >= 15 is 0 Å². The highest BCUT2D eigenvalue weighted by molar-refractivity contribution is 7.99. The third-order valence-corrected chi connectivity index (χ3v) is 5.56. The SMILES string of the molecule is CC1(C)CC(CSc2ccccc2)N(Cc2ccccc2)C1=O. The van der Waals surface area contributed by atoms with Gasteiger partial charge < -0.3 is 4.90 Å². The van der Waals surface area contributed by atoms with Gasteiger partial charge in [0.1, 0.15) is 0 Å². The summed E-state index contributed by atoms with van der Waals surface area (Å²) in [6.07, 6.45) is 0.929. The Morgan fingerprint density at radius 3 is 2.30 bits per heavy atom. The average molecular weight is 325 g/mol. The highest BCUT2D eigenvalue weighted by Crippen LogP contribution is 2.38. The summed E-state index contributed by atoms with van der Waals surface area (Å²) in [5, 5.41) is 0. The van der Waals surface area contributed by atoms with Crippen LogP contribution in [0.15, 0.2) is 65.6 Å². The summed E-state index contributed by atoms with van der Waals surface area (Å²) >= 11 is 1.84. The van der Waals surface area contributed by atoms with Crippen LogP contribution < -0.4 is 0 Å². The Morgan fingerprint density at radius 2 is 1.65 bits per heavy atom. The minimum Gasteiger partial charge on any atom is -0.334 e. The number of hydrogen-bond donors (Lipinski definition) is 0. The highest BCUT2D eigenvalue weighted by atomic mass is 32.2. The largest absolute Gasteiger partial charge is 0.334 e. The van der Waals surface area contributed by atoms with E-state index in [-0.39, 0.29) is 11.3 Å². The van der Waals surface area contributed by atoms with E-state index in [1.807, 2.05) is 36.0 Å². The second-order valence-electron chi connectivity index (χ2n) is 6.78. The van der Waals surface area contributed by atoms with Gasteiger partial charge in [-0.15, -0.1) is 11.8 Å². The van der Waals surface area contributed by atoms with Gasteiger partial charge >= 0.3 is 0 Å². The summed E-state index contributed by atoms with van der Waals surface area (Å²) in [5.41, 5.74) is 0.949. The molecule has 0 aromatic heterocycles. The molecule has 1 saturated heterocycles. The Balaban J connectivity index is 1.72. The topological polar surface area (TPSA) is 20.3 Å². The molecule has 1 amide bonds. The summed E-state index contributed by atoms with van der Waals surface area (Å²) in [5.74, 6) is 1.23. The first-order valence-electron chi connectivity index (χ1n) is 8.09. The summed E-state index contributed by atoms with van der Waals surface area (Å²) in [4.78, 5) is 16.1. The van der Waals surface area contributed by atoms with Gasteiger partial charge in [-0.2, -0.15) is 0 Å². The van der Waals surface area contributed by atoms with Gasteiger partial charge in [0.15, 0.2) is 0 Å². The van der Waals surface area contributed by atoms with Gasteiger partial charge in [-0.05, 0) is 24.1 Å². The van der Waals surface area contributed by atoms with Gasteiger partial charge in [0.05, 0.1) is 0 Å². The quantitative estimate of drug-likeness (QED) is 0.749. The van der Waals surface area contributed by atoms with E-state index < -0.39 is 0 Å². The molecule has 3 rings (SSSR count). The molecule has 0 aliphatic carbocycles. The summed E-state index contributed by atoms with van der Waals surface area (Å²) < 4.78 is 0. The molecule has 120 valence electrons. The summed E-state index contributed by atoms with van der Waals surface area (Å²) in [6.45, 7) is 4.85. The molecule has 2 aromatic rings. The molecule has 23 heavy (non-hydrogen) atoms. The molecule has 0 radical (unpaired) electrons. The predicted molar refractivity (Wildman–Crippen MR) is 96.3 cm³/mol. The van der Waals surface area contributed by atoms with Crippen LogP contribution in [0.25, 0.3) is 0 Å². The number of carbonyl (C=O) groups is 1. The molecule has 2 aromatic carbocycles. The number of hydrogen-bond acceptors (Lipinski definition) is 2. The van der Waals surface area contributed by atoms with Crippen LogP contribution in [0, 0.1) is 5.41 Å². The third-order valence-electron chi connectivity index (χ3n) is 4.41. The molecule has 0 N–H and O–H groups in total. The first kappa shape index (κ1) is 16.1. The monoisotopic (exact) mass is 325 g/mol. The number of carbonyl (C=O) groups excluding carboxylic acids is 1. The van der Waals surface area contributed by atoms with Crippen molar-refractivity contribution in [2.75, 3.05) is 5.75 Å². The first-order chi connectivity index (χ1) is 11.1. The van der Waals surface area contributed by atoms with Crippen molar-refractivity contribution in [3.05, 3.63) is 66.2 Å². The van der Waals surface area contributed by atoms with Crippen molar-refractivity contribution in [3.8, 4) is 0 Å². The Bertz CT molecular complexity index is 654. The minimum atomic E-state index is -0.253. The molecule has 1 unspecified atom stereocenters. The molecule has 1 fully saturated rings. The standard InChI is InChI=1S/C20H23NOS/c1-20(2)13-17(15-23-18-11-7-4-8-12-18)21(19(20)22)14-16-9-5-3-6-10-16/h3-12,17H,13-15H2,1-2H3. The number of amides is 1. The van der Waals surface area contributed by atoms with Crippen molar-refractivity contribution in [2.45, 2.75) is 37.8 Å². The zero-order valence-electron chi connectivity index (χ0n) is 13.7. The van der Waals surface area contributed by atoms with Gasteiger partial charge in [-0.1, -0.05) is 62.4 Å². The molecule has 1 atom stereocenters. The second kappa shape index (κ2) is 6.79. The number of benzene rings is 2. The van der Waals surface area contributed by atoms with Crippen molar-refractivity contribution in [3.63, 3.8) is 0 Å². The molecule has 1 aliphatic rings. The lowest BCUT2D eigenvalue weighted by Crippen LogP contribution is -2.35. The molecule has 1 aliphatic heterocycles. The summed E-state index contributed by atoms with van der Waals surface area (Å²) in [6, 6.07) is 21.0. The molecular weight excluding hydrogens is 302 g/mol. The van der Waals surface area contributed by atoms with E-state index in [0.717, 1.165) is 12.2 Å². The van der Waals surface area contributed by atoms with Gasteiger partial charge in [0.25, 0.3) is 0 Å². The molecule has 1 heterocycles. The van der Waals surface area contributed by atoms with Gasteiger partial charge in [0, 0.05) is 28.6 Å². The average Bonchev–Trinajstić information content (AvgIpc) is 2.78. The first-order valence-corrected chi connectivity index (χ1v) is 9.08. The fourth-order valence-electron chi connectivity index (χ4n) is 3.18. The van der Waals surface area contributed by atoms with Crippen LogP contribution in [0.2, 0.25) is 0 Å². The normalized spacial score (nSPS) is 20.0. The van der Waals surface area contributed by atoms with Gasteiger partial charge in [-0.25, -0.2) is 0 Å². The van der Waals surface area contributed by atoms with Crippen molar-refractivity contribution in [1.29, 1.82) is 0 Å². The Morgan fingerprint density at radius 1 is 1.04 bits per heavy atom. The third kappa shape index (κ3) is 3.78. The van der Waals surface area contributed by atoms with Crippen LogP contribution in [-0.2, 0) is 11.3 Å². The zero-order valence-corrected chi connectivity index (χ0v) is 14.6. The van der Waals surface area contributed by atoms with E-state index in [4.69, 9.17) is 0 Å². The Kier molecular flexibility index (Phi) is 4.76. The van der Waals surface area contributed by atoms with E-state index in [2.05, 4.69) is 55.1 Å².